The van der Waals surface area contributed by atoms with Crippen LogP contribution in [0.3, 0.4) is 0 Å². The zero-order chi connectivity index (χ0) is 13.5. The van der Waals surface area contributed by atoms with Crippen LogP contribution in [0.15, 0.2) is 0 Å². The highest BCUT2D eigenvalue weighted by Crippen LogP contribution is 2.27. The zero-order valence-corrected chi connectivity index (χ0v) is 11.1. The van der Waals surface area contributed by atoms with E-state index in [4.69, 9.17) is 5.73 Å². The first-order valence-corrected chi connectivity index (χ1v) is 6.35. The minimum Gasteiger partial charge on any atom is -0.328 e. The fourth-order valence-corrected chi connectivity index (χ4v) is 1.95. The molecular weight excluding hydrogens is 229 g/mol. The van der Waals surface area contributed by atoms with E-state index >= 15 is 0 Å². The van der Waals surface area contributed by atoms with Gasteiger partial charge in [-0.15, -0.1) is 0 Å². The van der Waals surface area contributed by atoms with Crippen molar-refractivity contribution in [3.63, 3.8) is 0 Å². The number of rotatable bonds is 8. The van der Waals surface area contributed by atoms with E-state index in [0.717, 1.165) is 12.8 Å². The summed E-state index contributed by atoms with van der Waals surface area (Å²) >= 11 is 0. The number of nitrogens with zero attached hydrogens (tertiary/aromatic N) is 1. The van der Waals surface area contributed by atoms with Crippen LogP contribution in [0.1, 0.15) is 46.0 Å². The topological polar surface area (TPSA) is 29.3 Å². The summed E-state index contributed by atoms with van der Waals surface area (Å²) < 4.78 is 38.3. The Labute approximate surface area is 102 Å². The number of hydrogen-bond donors (Lipinski definition) is 1. The molecule has 0 amide bonds. The van der Waals surface area contributed by atoms with Crippen molar-refractivity contribution in [1.29, 1.82) is 0 Å². The van der Waals surface area contributed by atoms with Gasteiger partial charge in [0.2, 0.25) is 0 Å². The Hall–Kier alpha value is -0.290. The van der Waals surface area contributed by atoms with Crippen LogP contribution in [0.2, 0.25) is 0 Å². The lowest BCUT2D eigenvalue weighted by Crippen LogP contribution is -2.44. The largest absolute Gasteiger partial charge is 0.404 e. The summed E-state index contributed by atoms with van der Waals surface area (Å²) in [6.07, 6.45) is -0.973. The predicted octanol–water partition coefficient (Wildman–Crippen LogP) is 3.17. The zero-order valence-electron chi connectivity index (χ0n) is 11.1. The van der Waals surface area contributed by atoms with Gasteiger partial charge in [0.05, 0.1) is 0 Å². The highest BCUT2D eigenvalue weighted by atomic mass is 19.4. The molecule has 104 valence electrons. The summed E-state index contributed by atoms with van der Waals surface area (Å²) in [5.74, 6) is 0. The van der Waals surface area contributed by atoms with E-state index in [0.29, 0.717) is 19.4 Å². The van der Waals surface area contributed by atoms with Crippen molar-refractivity contribution < 1.29 is 13.2 Å². The van der Waals surface area contributed by atoms with E-state index in [1.54, 1.807) is 6.92 Å². The molecule has 0 aromatic carbocycles. The smallest absolute Gasteiger partial charge is 0.328 e. The van der Waals surface area contributed by atoms with Crippen molar-refractivity contribution in [2.24, 2.45) is 5.73 Å². The Morgan fingerprint density at radius 1 is 1.06 bits per heavy atom. The van der Waals surface area contributed by atoms with E-state index in [2.05, 4.69) is 0 Å². The van der Waals surface area contributed by atoms with Crippen LogP contribution in [0.4, 0.5) is 13.2 Å². The normalized spacial score (nSPS) is 16.2. The van der Waals surface area contributed by atoms with Gasteiger partial charge in [-0.25, -0.2) is 0 Å². The Kier molecular flexibility index (Phi) is 7.79. The lowest BCUT2D eigenvalue weighted by atomic mass is 10.1. The summed E-state index contributed by atoms with van der Waals surface area (Å²) in [5, 5.41) is 0. The Morgan fingerprint density at radius 3 is 2.00 bits per heavy atom. The molecule has 0 bridgehead atoms. The molecule has 17 heavy (non-hydrogen) atoms. The molecule has 5 heteroatoms. The Morgan fingerprint density at radius 2 is 1.59 bits per heavy atom. The van der Waals surface area contributed by atoms with Gasteiger partial charge in [0.1, 0.15) is 6.04 Å². The first-order valence-electron chi connectivity index (χ1n) is 6.35. The third-order valence-electron chi connectivity index (χ3n) is 2.98. The van der Waals surface area contributed by atoms with Crippen LogP contribution in [0.5, 0.6) is 0 Å². The van der Waals surface area contributed by atoms with Crippen LogP contribution in [-0.2, 0) is 0 Å². The molecule has 0 fully saturated rings. The highest BCUT2D eigenvalue weighted by Gasteiger charge is 2.41. The van der Waals surface area contributed by atoms with Gasteiger partial charge in [-0.3, -0.25) is 4.90 Å². The molecule has 0 aliphatic carbocycles. The van der Waals surface area contributed by atoms with Crippen LogP contribution >= 0.6 is 0 Å². The van der Waals surface area contributed by atoms with E-state index in [9.17, 15) is 13.2 Å². The van der Waals surface area contributed by atoms with Crippen molar-refractivity contribution in [3.05, 3.63) is 0 Å². The lowest BCUT2D eigenvalue weighted by Gasteiger charge is -2.30. The van der Waals surface area contributed by atoms with E-state index in [1.165, 1.54) is 11.9 Å². The van der Waals surface area contributed by atoms with Crippen molar-refractivity contribution in [2.45, 2.75) is 64.2 Å². The molecule has 2 atom stereocenters. The maximum atomic E-state index is 12.8. The average Bonchev–Trinajstić information content (AvgIpc) is 2.21. The summed E-state index contributed by atoms with van der Waals surface area (Å²) in [5.41, 5.74) is 5.81. The second kappa shape index (κ2) is 7.93. The summed E-state index contributed by atoms with van der Waals surface area (Å²) in [4.78, 5) is 1.39. The van der Waals surface area contributed by atoms with Crippen LogP contribution < -0.4 is 5.73 Å². The first-order chi connectivity index (χ1) is 7.82. The van der Waals surface area contributed by atoms with Crippen molar-refractivity contribution in [1.82, 2.24) is 4.90 Å². The quantitative estimate of drug-likeness (QED) is 0.721. The maximum absolute atomic E-state index is 12.8. The monoisotopic (exact) mass is 254 g/mol. The van der Waals surface area contributed by atoms with Crippen LogP contribution in [0, 0.1) is 0 Å². The van der Waals surface area contributed by atoms with Gasteiger partial charge in [-0.2, -0.15) is 13.2 Å². The van der Waals surface area contributed by atoms with Crippen molar-refractivity contribution in [2.75, 3.05) is 13.6 Å². The third kappa shape index (κ3) is 6.88. The molecule has 0 heterocycles. The Balaban J connectivity index is 4.19. The fourth-order valence-electron chi connectivity index (χ4n) is 1.95. The van der Waals surface area contributed by atoms with Gasteiger partial charge in [0.15, 0.2) is 0 Å². The summed E-state index contributed by atoms with van der Waals surface area (Å²) in [6.45, 7) is 4.21. The highest BCUT2D eigenvalue weighted by molar-refractivity contribution is 4.77. The van der Waals surface area contributed by atoms with Crippen molar-refractivity contribution >= 4 is 0 Å². The van der Waals surface area contributed by atoms with Gasteiger partial charge in [0.25, 0.3) is 0 Å². The van der Waals surface area contributed by atoms with E-state index < -0.39 is 12.2 Å². The van der Waals surface area contributed by atoms with Gasteiger partial charge < -0.3 is 5.73 Å². The molecule has 0 aliphatic rings. The van der Waals surface area contributed by atoms with E-state index in [-0.39, 0.29) is 12.5 Å². The molecule has 0 radical (unpaired) electrons. The van der Waals surface area contributed by atoms with Crippen molar-refractivity contribution in [3.8, 4) is 0 Å². The lowest BCUT2D eigenvalue weighted by molar-refractivity contribution is -0.182. The van der Waals surface area contributed by atoms with Gasteiger partial charge in [0, 0.05) is 6.04 Å². The predicted molar refractivity (Wildman–Crippen MR) is 64.9 cm³/mol. The van der Waals surface area contributed by atoms with Crippen LogP contribution in [0.25, 0.3) is 0 Å². The molecule has 0 aliphatic heterocycles. The SMILES string of the molecule is CCCC(N)CCN(C)C(CCC)C(F)(F)F. The van der Waals surface area contributed by atoms with Gasteiger partial charge >= 0.3 is 6.18 Å². The van der Waals surface area contributed by atoms with Gasteiger partial charge in [-0.05, 0) is 32.9 Å². The number of alkyl halides is 3. The molecule has 0 spiro atoms. The molecule has 0 aromatic heterocycles. The van der Waals surface area contributed by atoms with Crippen LogP contribution in [-0.4, -0.2) is 36.8 Å². The molecule has 0 saturated carbocycles. The average molecular weight is 254 g/mol. The molecule has 2 N–H and O–H groups in total. The maximum Gasteiger partial charge on any atom is 0.404 e. The Bertz CT molecular complexity index is 195. The minimum absolute atomic E-state index is 0.0120. The molecule has 2 unspecified atom stereocenters. The second-order valence-electron chi connectivity index (χ2n) is 4.66. The molecule has 0 rings (SSSR count). The molecule has 2 nitrogen and oxygen atoms in total. The fraction of sp³-hybridized carbons (Fsp3) is 1.00. The summed E-state index contributed by atoms with van der Waals surface area (Å²) in [6, 6.07) is -1.32. The number of hydrogen-bond acceptors (Lipinski definition) is 2. The number of nitrogens with two attached hydrogens (primary N) is 1. The molecular formula is C12H25F3N2. The third-order valence-corrected chi connectivity index (χ3v) is 2.98. The number of halogens is 3. The standard InChI is InChI=1S/C12H25F3N2/c1-4-6-10(16)8-9-17(3)11(7-5-2)12(13,14)15/h10-11H,4-9,16H2,1-3H3. The summed E-state index contributed by atoms with van der Waals surface area (Å²) in [7, 11) is 1.53. The minimum atomic E-state index is -4.14. The van der Waals surface area contributed by atoms with E-state index in [1.807, 2.05) is 6.92 Å². The second-order valence-corrected chi connectivity index (χ2v) is 4.66. The first kappa shape index (κ1) is 16.7. The molecule has 0 saturated heterocycles. The molecule has 0 aromatic rings. The van der Waals surface area contributed by atoms with Gasteiger partial charge in [-0.1, -0.05) is 26.7 Å².